The number of hydrogen-bond acceptors (Lipinski definition) is 2. The van der Waals surface area contributed by atoms with Crippen LogP contribution in [0, 0.1) is 5.82 Å². The van der Waals surface area contributed by atoms with Gasteiger partial charge in [0.2, 0.25) is 0 Å². The Labute approximate surface area is 129 Å². The van der Waals surface area contributed by atoms with Gasteiger partial charge in [-0.3, -0.25) is 0 Å². The number of anilines is 1. The first-order chi connectivity index (χ1) is 8.99. The van der Waals surface area contributed by atoms with Gasteiger partial charge in [-0.05, 0) is 47.1 Å². The maximum absolute atomic E-state index is 13.5. The Bertz CT molecular complexity index is 590. The Balaban J connectivity index is 2.27. The molecule has 1 N–H and O–H groups in total. The lowest BCUT2D eigenvalue weighted by Crippen LogP contribution is -2.08. The van der Waals surface area contributed by atoms with Crippen LogP contribution in [0.3, 0.4) is 0 Å². The Kier molecular flexibility index (Phi) is 4.66. The zero-order valence-electron chi connectivity index (χ0n) is 9.92. The number of nitrogens with zero attached hydrogens (tertiary/aromatic N) is 1. The molecule has 6 heteroatoms. The monoisotopic (exact) mass is 362 g/mol. The first-order valence-corrected chi connectivity index (χ1v) is 7.05. The van der Waals surface area contributed by atoms with E-state index in [1.54, 1.807) is 6.20 Å². The lowest BCUT2D eigenvalue weighted by molar-refractivity contribution is 0.624. The topological polar surface area (TPSA) is 24.9 Å². The van der Waals surface area contributed by atoms with Crippen molar-refractivity contribution in [2.75, 3.05) is 5.32 Å². The summed E-state index contributed by atoms with van der Waals surface area (Å²) in [7, 11) is 0. The van der Waals surface area contributed by atoms with Gasteiger partial charge >= 0.3 is 0 Å². The number of pyridine rings is 1. The molecule has 0 aliphatic rings. The SMILES string of the molecule is CC(Nc1ccc(Br)nc1)c1c(Cl)ccc(F)c1Cl. The van der Waals surface area contributed by atoms with Crippen molar-refractivity contribution in [3.63, 3.8) is 0 Å². The van der Waals surface area contributed by atoms with Crippen LogP contribution >= 0.6 is 39.1 Å². The van der Waals surface area contributed by atoms with Gasteiger partial charge in [-0.2, -0.15) is 0 Å². The molecule has 0 aliphatic carbocycles. The maximum atomic E-state index is 13.5. The molecule has 0 radical (unpaired) electrons. The van der Waals surface area contributed by atoms with Crippen molar-refractivity contribution < 1.29 is 4.39 Å². The molecule has 0 saturated carbocycles. The molecule has 1 aromatic heterocycles. The third-order valence-electron chi connectivity index (χ3n) is 2.62. The summed E-state index contributed by atoms with van der Waals surface area (Å²) < 4.78 is 14.2. The van der Waals surface area contributed by atoms with Crippen LogP contribution in [0.15, 0.2) is 35.1 Å². The molecule has 0 amide bonds. The number of aromatic nitrogens is 1. The molecule has 19 heavy (non-hydrogen) atoms. The number of halogens is 4. The normalized spacial score (nSPS) is 12.3. The molecule has 0 bridgehead atoms. The summed E-state index contributed by atoms with van der Waals surface area (Å²) in [5, 5.41) is 3.64. The van der Waals surface area contributed by atoms with Crippen LogP contribution in [-0.2, 0) is 0 Å². The third-order valence-corrected chi connectivity index (χ3v) is 3.81. The van der Waals surface area contributed by atoms with Crippen LogP contribution in [0.4, 0.5) is 10.1 Å². The number of hydrogen-bond donors (Lipinski definition) is 1. The second-order valence-corrected chi connectivity index (χ2v) is 5.59. The number of nitrogens with one attached hydrogen (secondary N) is 1. The van der Waals surface area contributed by atoms with Crippen molar-refractivity contribution in [3.05, 3.63) is 56.5 Å². The Morgan fingerprint density at radius 3 is 2.63 bits per heavy atom. The second-order valence-electron chi connectivity index (χ2n) is 3.99. The summed E-state index contributed by atoms with van der Waals surface area (Å²) in [5.74, 6) is -0.483. The van der Waals surface area contributed by atoms with E-state index >= 15 is 0 Å². The summed E-state index contributed by atoms with van der Waals surface area (Å²) in [4.78, 5) is 4.10. The largest absolute Gasteiger partial charge is 0.377 e. The van der Waals surface area contributed by atoms with E-state index < -0.39 is 5.82 Å². The molecule has 1 unspecified atom stereocenters. The molecule has 1 heterocycles. The predicted molar refractivity (Wildman–Crippen MR) is 80.4 cm³/mol. The Morgan fingerprint density at radius 1 is 1.26 bits per heavy atom. The van der Waals surface area contributed by atoms with Crippen molar-refractivity contribution in [1.29, 1.82) is 0 Å². The van der Waals surface area contributed by atoms with E-state index in [-0.39, 0.29) is 11.1 Å². The molecule has 2 aromatic rings. The molecule has 0 spiro atoms. The van der Waals surface area contributed by atoms with Gasteiger partial charge in [0.05, 0.1) is 22.9 Å². The minimum absolute atomic E-state index is 0.0394. The molecule has 100 valence electrons. The van der Waals surface area contributed by atoms with Crippen molar-refractivity contribution in [2.45, 2.75) is 13.0 Å². The molecule has 1 aromatic carbocycles. The van der Waals surface area contributed by atoms with E-state index in [1.165, 1.54) is 12.1 Å². The molecule has 0 saturated heterocycles. The summed E-state index contributed by atoms with van der Waals surface area (Å²) in [6.45, 7) is 1.86. The summed E-state index contributed by atoms with van der Waals surface area (Å²) >= 11 is 15.3. The Hall–Kier alpha value is -0.840. The zero-order chi connectivity index (χ0) is 14.0. The lowest BCUT2D eigenvalue weighted by Gasteiger charge is -2.18. The second kappa shape index (κ2) is 6.07. The number of rotatable bonds is 3. The Morgan fingerprint density at radius 2 is 2.00 bits per heavy atom. The molecule has 2 rings (SSSR count). The highest BCUT2D eigenvalue weighted by atomic mass is 79.9. The molecule has 1 atom stereocenters. The van der Waals surface area contributed by atoms with Gasteiger partial charge in [0, 0.05) is 10.6 Å². The summed E-state index contributed by atoms with van der Waals surface area (Å²) in [6.07, 6.45) is 1.67. The summed E-state index contributed by atoms with van der Waals surface area (Å²) in [5.41, 5.74) is 1.33. The maximum Gasteiger partial charge on any atom is 0.142 e. The molecule has 2 nitrogen and oxygen atoms in total. The highest BCUT2D eigenvalue weighted by Crippen LogP contribution is 2.33. The van der Waals surface area contributed by atoms with Crippen LogP contribution in [0.25, 0.3) is 0 Å². The fourth-order valence-electron chi connectivity index (χ4n) is 1.72. The van der Waals surface area contributed by atoms with Crippen LogP contribution < -0.4 is 5.32 Å². The number of benzene rings is 1. The fourth-order valence-corrected chi connectivity index (χ4v) is 2.66. The van der Waals surface area contributed by atoms with Crippen LogP contribution in [-0.4, -0.2) is 4.98 Å². The van der Waals surface area contributed by atoms with Crippen molar-refractivity contribution in [2.24, 2.45) is 0 Å². The molecule has 0 fully saturated rings. The third kappa shape index (κ3) is 3.38. The smallest absolute Gasteiger partial charge is 0.142 e. The van der Waals surface area contributed by atoms with Gasteiger partial charge in [-0.1, -0.05) is 23.2 Å². The fraction of sp³-hybridized carbons (Fsp3) is 0.154. The van der Waals surface area contributed by atoms with Crippen molar-refractivity contribution in [1.82, 2.24) is 4.98 Å². The highest BCUT2D eigenvalue weighted by Gasteiger charge is 2.17. The molecular weight excluding hydrogens is 354 g/mol. The van der Waals surface area contributed by atoms with E-state index in [9.17, 15) is 4.39 Å². The molecule has 0 aliphatic heterocycles. The van der Waals surface area contributed by atoms with Gasteiger partial charge in [0.1, 0.15) is 10.4 Å². The average molecular weight is 364 g/mol. The summed E-state index contributed by atoms with van der Waals surface area (Å²) in [6, 6.07) is 6.18. The van der Waals surface area contributed by atoms with E-state index in [4.69, 9.17) is 23.2 Å². The van der Waals surface area contributed by atoms with Crippen molar-refractivity contribution in [3.8, 4) is 0 Å². The highest BCUT2D eigenvalue weighted by molar-refractivity contribution is 9.10. The van der Waals surface area contributed by atoms with Crippen LogP contribution in [0.1, 0.15) is 18.5 Å². The standard InChI is InChI=1S/C13H10BrCl2FN2/c1-7(19-8-2-5-11(14)18-6-8)12-9(15)3-4-10(17)13(12)16/h2-7,19H,1H3. The van der Waals surface area contributed by atoms with Gasteiger partial charge < -0.3 is 5.32 Å². The van der Waals surface area contributed by atoms with Crippen LogP contribution in [0.2, 0.25) is 10.0 Å². The van der Waals surface area contributed by atoms with Crippen molar-refractivity contribution >= 4 is 44.8 Å². The molecular formula is C13H10BrCl2FN2. The van der Waals surface area contributed by atoms with E-state index in [1.807, 2.05) is 19.1 Å². The predicted octanol–water partition coefficient (Wildman–Crippen LogP) is 5.46. The minimum atomic E-state index is -0.483. The first-order valence-electron chi connectivity index (χ1n) is 5.50. The van der Waals surface area contributed by atoms with Gasteiger partial charge in [0.15, 0.2) is 0 Å². The van der Waals surface area contributed by atoms with E-state index in [0.717, 1.165) is 10.3 Å². The lowest BCUT2D eigenvalue weighted by atomic mass is 10.1. The zero-order valence-corrected chi connectivity index (χ0v) is 13.0. The van der Waals surface area contributed by atoms with Gasteiger partial charge in [0.25, 0.3) is 0 Å². The van der Waals surface area contributed by atoms with Gasteiger partial charge in [-0.15, -0.1) is 0 Å². The van der Waals surface area contributed by atoms with E-state index in [0.29, 0.717) is 10.6 Å². The quantitative estimate of drug-likeness (QED) is 0.578. The minimum Gasteiger partial charge on any atom is -0.377 e. The van der Waals surface area contributed by atoms with Gasteiger partial charge in [-0.25, -0.2) is 9.37 Å². The van der Waals surface area contributed by atoms with Crippen LogP contribution in [0.5, 0.6) is 0 Å². The first kappa shape index (κ1) is 14.6. The average Bonchev–Trinajstić information content (AvgIpc) is 2.37. The van der Waals surface area contributed by atoms with E-state index in [2.05, 4.69) is 26.2 Å².